The fraction of sp³-hybridized carbons (Fsp3) is 0.333. The maximum Gasteiger partial charge on any atom is 0.244 e. The predicted molar refractivity (Wildman–Crippen MR) is 142 cm³/mol. The number of methoxy groups -OCH3 is 1. The average molecular weight is 512 g/mol. The Balaban J connectivity index is 1.98. The highest BCUT2D eigenvalue weighted by atomic mass is 32.2. The highest BCUT2D eigenvalue weighted by Gasteiger charge is 2.30. The monoisotopic (exact) mass is 511 g/mol. The first-order valence-electron chi connectivity index (χ1n) is 11.8. The molecule has 0 radical (unpaired) electrons. The summed E-state index contributed by atoms with van der Waals surface area (Å²) in [5.74, 6) is -0.170. The lowest BCUT2D eigenvalue weighted by Crippen LogP contribution is -2.51. The molecule has 0 spiro atoms. The van der Waals surface area contributed by atoms with E-state index in [4.69, 9.17) is 4.74 Å². The molecule has 3 aromatic rings. The van der Waals surface area contributed by atoms with E-state index in [2.05, 4.69) is 5.32 Å². The van der Waals surface area contributed by atoms with Crippen molar-refractivity contribution >= 4 is 38.3 Å². The van der Waals surface area contributed by atoms with Crippen LogP contribution >= 0.6 is 0 Å². The quantitative estimate of drug-likeness (QED) is 0.425. The van der Waals surface area contributed by atoms with Gasteiger partial charge in [-0.25, -0.2) is 8.42 Å². The first kappa shape index (κ1) is 27.0. The molecule has 0 fully saturated rings. The van der Waals surface area contributed by atoms with Crippen molar-refractivity contribution in [2.24, 2.45) is 0 Å². The normalized spacial score (nSPS) is 12.1. The molecule has 2 amide bonds. The Labute approximate surface area is 212 Å². The molecule has 1 atom stereocenters. The van der Waals surface area contributed by atoms with Crippen molar-refractivity contribution in [1.82, 2.24) is 10.2 Å². The lowest BCUT2D eigenvalue weighted by Gasteiger charge is -2.32. The van der Waals surface area contributed by atoms with Gasteiger partial charge in [0.25, 0.3) is 0 Å². The number of hydrogen-bond acceptors (Lipinski definition) is 5. The van der Waals surface area contributed by atoms with Crippen molar-refractivity contribution in [2.75, 3.05) is 30.8 Å². The fourth-order valence-corrected chi connectivity index (χ4v) is 4.83. The lowest BCUT2D eigenvalue weighted by atomic mass is 10.1. The SMILES string of the molecule is CCCNC(=O)[C@H](C)N(Cc1cccc(OC)c1)C(=O)CN(c1cccc2ccccc12)S(C)(=O)=O. The van der Waals surface area contributed by atoms with E-state index in [1.54, 1.807) is 44.4 Å². The van der Waals surface area contributed by atoms with Crippen LogP contribution in [0.5, 0.6) is 5.75 Å². The molecule has 0 bridgehead atoms. The van der Waals surface area contributed by atoms with Crippen LogP contribution in [0.3, 0.4) is 0 Å². The number of anilines is 1. The first-order valence-corrected chi connectivity index (χ1v) is 13.7. The van der Waals surface area contributed by atoms with E-state index in [1.807, 2.05) is 43.3 Å². The third-order valence-electron chi connectivity index (χ3n) is 5.92. The van der Waals surface area contributed by atoms with Gasteiger partial charge in [0.15, 0.2) is 0 Å². The van der Waals surface area contributed by atoms with Gasteiger partial charge in [-0.2, -0.15) is 0 Å². The number of nitrogens with one attached hydrogen (secondary N) is 1. The van der Waals surface area contributed by atoms with E-state index >= 15 is 0 Å². The molecule has 0 saturated heterocycles. The molecule has 8 nitrogen and oxygen atoms in total. The second kappa shape index (κ2) is 11.9. The maximum atomic E-state index is 13.7. The van der Waals surface area contributed by atoms with Gasteiger partial charge in [0, 0.05) is 18.5 Å². The van der Waals surface area contributed by atoms with Gasteiger partial charge in [0.2, 0.25) is 21.8 Å². The Bertz CT molecular complexity index is 1320. The van der Waals surface area contributed by atoms with Crippen LogP contribution in [-0.4, -0.2) is 57.6 Å². The third-order valence-corrected chi connectivity index (χ3v) is 7.04. The largest absolute Gasteiger partial charge is 0.497 e. The van der Waals surface area contributed by atoms with Crippen LogP contribution in [0.1, 0.15) is 25.8 Å². The molecular formula is C27H33N3O5S. The number of carbonyl (C=O) groups is 2. The molecule has 0 aliphatic heterocycles. The number of carbonyl (C=O) groups excluding carboxylic acids is 2. The van der Waals surface area contributed by atoms with Gasteiger partial charge in [0.1, 0.15) is 18.3 Å². The van der Waals surface area contributed by atoms with Gasteiger partial charge in [-0.05, 0) is 42.5 Å². The van der Waals surface area contributed by atoms with Crippen LogP contribution < -0.4 is 14.4 Å². The fourth-order valence-electron chi connectivity index (χ4n) is 3.97. The Hall–Kier alpha value is -3.59. The van der Waals surface area contributed by atoms with Crippen LogP contribution in [0, 0.1) is 0 Å². The van der Waals surface area contributed by atoms with E-state index in [-0.39, 0.29) is 12.5 Å². The molecule has 3 rings (SSSR count). The first-order chi connectivity index (χ1) is 17.2. The number of benzene rings is 3. The van der Waals surface area contributed by atoms with Crippen LogP contribution in [0.25, 0.3) is 10.8 Å². The van der Waals surface area contributed by atoms with Crippen molar-refractivity contribution in [3.05, 3.63) is 72.3 Å². The van der Waals surface area contributed by atoms with Crippen LogP contribution in [0.2, 0.25) is 0 Å². The second-order valence-electron chi connectivity index (χ2n) is 8.61. The summed E-state index contributed by atoms with van der Waals surface area (Å²) in [6, 6.07) is 19.1. The number of sulfonamides is 1. The summed E-state index contributed by atoms with van der Waals surface area (Å²) >= 11 is 0. The van der Waals surface area contributed by atoms with Crippen LogP contribution in [0.4, 0.5) is 5.69 Å². The smallest absolute Gasteiger partial charge is 0.244 e. The van der Waals surface area contributed by atoms with E-state index in [9.17, 15) is 18.0 Å². The van der Waals surface area contributed by atoms with Crippen LogP contribution in [0.15, 0.2) is 66.7 Å². The Morgan fingerprint density at radius 1 is 1.03 bits per heavy atom. The predicted octanol–water partition coefficient (Wildman–Crippen LogP) is 3.56. The molecule has 0 saturated carbocycles. The summed E-state index contributed by atoms with van der Waals surface area (Å²) in [6.45, 7) is 3.74. The molecule has 0 aromatic heterocycles. The van der Waals surface area contributed by atoms with Crippen molar-refractivity contribution in [3.8, 4) is 5.75 Å². The van der Waals surface area contributed by atoms with E-state index < -0.39 is 28.5 Å². The van der Waals surface area contributed by atoms with Gasteiger partial charge in [-0.15, -0.1) is 0 Å². The van der Waals surface area contributed by atoms with Crippen molar-refractivity contribution < 1.29 is 22.7 Å². The minimum atomic E-state index is -3.82. The van der Waals surface area contributed by atoms with Crippen molar-refractivity contribution in [2.45, 2.75) is 32.9 Å². The molecule has 9 heteroatoms. The average Bonchev–Trinajstić information content (AvgIpc) is 2.87. The van der Waals surface area contributed by atoms with Gasteiger partial charge in [-0.3, -0.25) is 13.9 Å². The summed E-state index contributed by atoms with van der Waals surface area (Å²) in [6.07, 6.45) is 1.83. The van der Waals surface area contributed by atoms with E-state index in [1.165, 1.54) is 4.90 Å². The molecule has 0 aliphatic carbocycles. The zero-order chi connectivity index (χ0) is 26.3. The summed E-state index contributed by atoms with van der Waals surface area (Å²) in [5.41, 5.74) is 1.17. The zero-order valence-electron chi connectivity index (χ0n) is 21.1. The van der Waals surface area contributed by atoms with Gasteiger partial charge < -0.3 is 15.0 Å². The maximum absolute atomic E-state index is 13.7. The Kier molecular flexibility index (Phi) is 8.93. The number of ether oxygens (including phenoxy) is 1. The van der Waals surface area contributed by atoms with Crippen LogP contribution in [-0.2, 0) is 26.2 Å². The molecule has 0 unspecified atom stereocenters. The minimum Gasteiger partial charge on any atom is -0.497 e. The van der Waals surface area contributed by atoms with Gasteiger partial charge in [-0.1, -0.05) is 55.5 Å². The summed E-state index contributed by atoms with van der Waals surface area (Å²) in [5, 5.41) is 4.40. The highest BCUT2D eigenvalue weighted by molar-refractivity contribution is 7.92. The molecule has 3 aromatic carbocycles. The number of rotatable bonds is 11. The summed E-state index contributed by atoms with van der Waals surface area (Å²) < 4.78 is 32.2. The van der Waals surface area contributed by atoms with Crippen molar-refractivity contribution in [3.63, 3.8) is 0 Å². The number of nitrogens with zero attached hydrogens (tertiary/aromatic N) is 2. The van der Waals surface area contributed by atoms with Crippen molar-refractivity contribution in [1.29, 1.82) is 0 Å². The topological polar surface area (TPSA) is 96.0 Å². The summed E-state index contributed by atoms with van der Waals surface area (Å²) in [4.78, 5) is 27.9. The Morgan fingerprint density at radius 2 is 1.72 bits per heavy atom. The minimum absolute atomic E-state index is 0.115. The third kappa shape index (κ3) is 6.54. The molecule has 192 valence electrons. The molecule has 36 heavy (non-hydrogen) atoms. The number of hydrogen-bond donors (Lipinski definition) is 1. The molecule has 0 aliphatic rings. The lowest BCUT2D eigenvalue weighted by molar-refractivity contribution is -0.139. The van der Waals surface area contributed by atoms with Gasteiger partial charge in [0.05, 0.1) is 19.1 Å². The molecule has 0 heterocycles. The Morgan fingerprint density at radius 3 is 2.42 bits per heavy atom. The zero-order valence-corrected chi connectivity index (χ0v) is 21.9. The number of fused-ring (bicyclic) bond motifs is 1. The van der Waals surface area contributed by atoms with Gasteiger partial charge >= 0.3 is 0 Å². The summed E-state index contributed by atoms with van der Waals surface area (Å²) in [7, 11) is -2.26. The second-order valence-corrected chi connectivity index (χ2v) is 10.5. The highest BCUT2D eigenvalue weighted by Crippen LogP contribution is 2.28. The number of amides is 2. The standard InChI is InChI=1S/C27H33N3O5S/c1-5-16-28-27(32)20(2)29(18-21-10-8-13-23(17-21)35-3)26(31)19-30(36(4,33)34)25-15-9-12-22-11-6-7-14-24(22)25/h6-15,17,20H,5,16,18-19H2,1-4H3,(H,28,32)/t20-/m0/s1. The molecule has 1 N–H and O–H groups in total. The molecular weight excluding hydrogens is 478 g/mol. The van der Waals surface area contributed by atoms with E-state index in [0.717, 1.165) is 27.9 Å². The van der Waals surface area contributed by atoms with E-state index in [0.29, 0.717) is 23.4 Å².